The molecule has 2 heterocycles. The van der Waals surface area contributed by atoms with Crippen molar-refractivity contribution < 1.29 is 0 Å². The molecule has 1 aromatic rings. The van der Waals surface area contributed by atoms with Gasteiger partial charge in [-0.3, -0.25) is 0 Å². The second-order valence-corrected chi connectivity index (χ2v) is 6.00. The van der Waals surface area contributed by atoms with Crippen LogP contribution >= 0.6 is 22.9 Å². The van der Waals surface area contributed by atoms with Crippen LogP contribution in [-0.4, -0.2) is 29.9 Å². The lowest BCUT2D eigenvalue weighted by molar-refractivity contribution is 0.199. The van der Waals surface area contributed by atoms with E-state index in [0.29, 0.717) is 11.3 Å². The smallest absolute Gasteiger partial charge is 0.0489 e. The van der Waals surface area contributed by atoms with Gasteiger partial charge in [-0.25, -0.2) is 0 Å². The summed E-state index contributed by atoms with van der Waals surface area (Å²) in [5, 5.41) is 2.50. The number of alkyl halides is 1. The minimum Gasteiger partial charge on any atom is -0.301 e. The number of hydrogen-bond donors (Lipinski definition) is 0. The molecule has 0 aromatic carbocycles. The third-order valence-electron chi connectivity index (χ3n) is 3.21. The second-order valence-electron chi connectivity index (χ2n) is 4.41. The first-order valence-electron chi connectivity index (χ1n) is 5.64. The molecule has 15 heavy (non-hydrogen) atoms. The zero-order valence-electron chi connectivity index (χ0n) is 9.16. The highest BCUT2D eigenvalue weighted by Crippen LogP contribution is 2.22. The molecule has 1 nitrogen and oxygen atoms in total. The Labute approximate surface area is 101 Å². The molecule has 1 aliphatic rings. The first-order chi connectivity index (χ1) is 7.25. The molecule has 0 radical (unpaired) electrons. The van der Waals surface area contributed by atoms with Crippen LogP contribution in [-0.2, 0) is 6.42 Å². The summed E-state index contributed by atoms with van der Waals surface area (Å²) in [6.07, 6.45) is 2.42. The summed E-state index contributed by atoms with van der Waals surface area (Å²) in [5.41, 5.74) is 0. The van der Waals surface area contributed by atoms with Crippen LogP contribution in [0.1, 0.15) is 18.2 Å². The van der Waals surface area contributed by atoms with E-state index in [-0.39, 0.29) is 0 Å². The van der Waals surface area contributed by atoms with E-state index in [9.17, 15) is 0 Å². The van der Waals surface area contributed by atoms with Crippen LogP contribution in [0.4, 0.5) is 0 Å². The molecule has 3 heteroatoms. The minimum atomic E-state index is 0.349. The molecule has 0 amide bonds. The normalized spacial score (nSPS) is 28.1. The number of rotatable bonds is 3. The summed E-state index contributed by atoms with van der Waals surface area (Å²) >= 11 is 8.14. The molecule has 0 bridgehead atoms. The van der Waals surface area contributed by atoms with Crippen LogP contribution in [0.5, 0.6) is 0 Å². The van der Waals surface area contributed by atoms with Gasteiger partial charge in [0.15, 0.2) is 0 Å². The van der Waals surface area contributed by atoms with Crippen molar-refractivity contribution in [3.05, 3.63) is 22.4 Å². The van der Waals surface area contributed by atoms with Gasteiger partial charge >= 0.3 is 0 Å². The Kier molecular flexibility index (Phi) is 4.06. The van der Waals surface area contributed by atoms with Crippen molar-refractivity contribution in [2.75, 3.05) is 19.6 Å². The molecule has 0 aliphatic carbocycles. The molecule has 1 saturated heterocycles. The molecule has 1 aromatic heterocycles. The maximum absolute atomic E-state index is 6.28. The number of nitrogens with zero attached hydrogens (tertiary/aromatic N) is 1. The average molecular weight is 244 g/mol. The summed E-state index contributed by atoms with van der Waals surface area (Å²) in [6.45, 7) is 5.70. The van der Waals surface area contributed by atoms with Crippen LogP contribution in [0.3, 0.4) is 0 Å². The van der Waals surface area contributed by atoms with Crippen molar-refractivity contribution >= 4 is 22.9 Å². The number of likely N-dealkylation sites (tertiary alicyclic amines) is 1. The molecule has 2 atom stereocenters. The van der Waals surface area contributed by atoms with Gasteiger partial charge in [-0.2, -0.15) is 0 Å². The second kappa shape index (κ2) is 5.33. The Hall–Kier alpha value is -0.0500. The zero-order valence-corrected chi connectivity index (χ0v) is 10.7. The number of halogens is 1. The summed E-state index contributed by atoms with van der Waals surface area (Å²) in [6, 6.07) is 4.35. The summed E-state index contributed by atoms with van der Waals surface area (Å²) in [5.74, 6) is 0.685. The first kappa shape index (κ1) is 11.4. The van der Waals surface area contributed by atoms with Crippen LogP contribution in [0.25, 0.3) is 0 Å². The topological polar surface area (TPSA) is 3.24 Å². The number of thiophene rings is 1. The predicted molar refractivity (Wildman–Crippen MR) is 67.9 cm³/mol. The molecule has 2 unspecified atom stereocenters. The lowest BCUT2D eigenvalue weighted by Gasteiger charge is -2.33. The first-order valence-corrected chi connectivity index (χ1v) is 6.96. The van der Waals surface area contributed by atoms with E-state index >= 15 is 0 Å². The minimum absolute atomic E-state index is 0.349. The third-order valence-corrected chi connectivity index (χ3v) is 4.71. The van der Waals surface area contributed by atoms with Crippen LogP contribution in [0, 0.1) is 5.92 Å². The molecule has 0 spiro atoms. The number of piperidine rings is 1. The maximum Gasteiger partial charge on any atom is 0.0489 e. The molecule has 0 N–H and O–H groups in total. The average Bonchev–Trinajstić information content (AvgIpc) is 2.73. The van der Waals surface area contributed by atoms with Gasteiger partial charge in [0.2, 0.25) is 0 Å². The van der Waals surface area contributed by atoms with Crippen LogP contribution in [0.2, 0.25) is 0 Å². The summed E-state index contributed by atoms with van der Waals surface area (Å²) in [4.78, 5) is 3.98. The Morgan fingerprint density at radius 3 is 3.13 bits per heavy atom. The monoisotopic (exact) mass is 243 g/mol. The van der Waals surface area contributed by atoms with Crippen molar-refractivity contribution in [3.8, 4) is 0 Å². The van der Waals surface area contributed by atoms with Crippen LogP contribution < -0.4 is 0 Å². The predicted octanol–water partition coefficient (Wildman–Crippen LogP) is 3.24. The Morgan fingerprint density at radius 2 is 2.47 bits per heavy atom. The Morgan fingerprint density at radius 1 is 1.60 bits per heavy atom. The van der Waals surface area contributed by atoms with Gasteiger partial charge < -0.3 is 4.90 Å². The highest BCUT2D eigenvalue weighted by molar-refractivity contribution is 7.09. The van der Waals surface area contributed by atoms with Crippen molar-refractivity contribution in [2.24, 2.45) is 5.92 Å². The highest BCUT2D eigenvalue weighted by atomic mass is 35.5. The summed E-state index contributed by atoms with van der Waals surface area (Å²) in [7, 11) is 0. The van der Waals surface area contributed by atoms with Gasteiger partial charge in [0.05, 0.1) is 0 Å². The third kappa shape index (κ3) is 3.20. The van der Waals surface area contributed by atoms with E-state index in [1.165, 1.54) is 24.3 Å². The molecule has 1 aliphatic heterocycles. The van der Waals surface area contributed by atoms with Gasteiger partial charge in [-0.15, -0.1) is 22.9 Å². The molecule has 84 valence electrons. The van der Waals surface area contributed by atoms with E-state index in [0.717, 1.165) is 13.1 Å². The zero-order chi connectivity index (χ0) is 10.7. The number of hydrogen-bond acceptors (Lipinski definition) is 2. The molecular formula is C12H18ClNS. The van der Waals surface area contributed by atoms with Crippen molar-refractivity contribution in [2.45, 2.75) is 25.1 Å². The molecule has 2 rings (SSSR count). The van der Waals surface area contributed by atoms with Crippen molar-refractivity contribution in [1.29, 1.82) is 0 Å². The quantitative estimate of drug-likeness (QED) is 0.737. The van der Waals surface area contributed by atoms with Gasteiger partial charge in [0, 0.05) is 23.3 Å². The van der Waals surface area contributed by atoms with Gasteiger partial charge in [0.25, 0.3) is 0 Å². The Balaban J connectivity index is 1.76. The molecule has 0 saturated carbocycles. The maximum atomic E-state index is 6.28. The Bertz CT molecular complexity index is 286. The molecule has 1 fully saturated rings. The summed E-state index contributed by atoms with van der Waals surface area (Å²) < 4.78 is 0. The lowest BCUT2D eigenvalue weighted by atomic mass is 9.98. The van der Waals surface area contributed by atoms with E-state index < -0.39 is 0 Å². The fraction of sp³-hybridized carbons (Fsp3) is 0.667. The van der Waals surface area contributed by atoms with Gasteiger partial charge in [-0.1, -0.05) is 13.0 Å². The standard InChI is InChI=1S/C12H18ClNS/c1-10-4-6-14(9-12(10)13)7-5-11-3-2-8-15-11/h2-3,8,10,12H,4-7,9H2,1H3. The van der Waals surface area contributed by atoms with E-state index in [4.69, 9.17) is 11.6 Å². The largest absolute Gasteiger partial charge is 0.301 e. The van der Waals surface area contributed by atoms with Crippen molar-refractivity contribution in [3.63, 3.8) is 0 Å². The highest BCUT2D eigenvalue weighted by Gasteiger charge is 2.23. The fourth-order valence-corrected chi connectivity index (χ4v) is 3.03. The van der Waals surface area contributed by atoms with Crippen LogP contribution in [0.15, 0.2) is 17.5 Å². The van der Waals surface area contributed by atoms with E-state index in [1.807, 2.05) is 11.3 Å². The van der Waals surface area contributed by atoms with Gasteiger partial charge in [0.1, 0.15) is 0 Å². The lowest BCUT2D eigenvalue weighted by Crippen LogP contribution is -2.41. The fourth-order valence-electron chi connectivity index (χ4n) is 2.01. The van der Waals surface area contributed by atoms with Crippen molar-refractivity contribution in [1.82, 2.24) is 4.90 Å². The SMILES string of the molecule is CC1CCN(CCc2cccs2)CC1Cl. The van der Waals surface area contributed by atoms with E-state index in [1.54, 1.807) is 0 Å². The van der Waals surface area contributed by atoms with Gasteiger partial charge in [-0.05, 0) is 36.8 Å². The molecular weight excluding hydrogens is 226 g/mol. The van der Waals surface area contributed by atoms with E-state index in [2.05, 4.69) is 29.3 Å².